The average Bonchev–Trinajstić information content (AvgIpc) is 3.50. The van der Waals surface area contributed by atoms with E-state index in [0.717, 1.165) is 42.8 Å². The minimum absolute atomic E-state index is 0.167. The number of benzene rings is 1. The van der Waals surface area contributed by atoms with Crippen molar-refractivity contribution in [2.24, 2.45) is 5.92 Å². The van der Waals surface area contributed by atoms with Crippen molar-refractivity contribution >= 4 is 27.3 Å². The quantitative estimate of drug-likeness (QED) is 0.529. The van der Waals surface area contributed by atoms with E-state index >= 15 is 0 Å². The van der Waals surface area contributed by atoms with Gasteiger partial charge in [0, 0.05) is 37.6 Å². The lowest BCUT2D eigenvalue weighted by Gasteiger charge is -2.27. The van der Waals surface area contributed by atoms with Crippen molar-refractivity contribution in [1.82, 2.24) is 9.21 Å². The van der Waals surface area contributed by atoms with Crippen LogP contribution in [0.2, 0.25) is 0 Å². The summed E-state index contributed by atoms with van der Waals surface area (Å²) in [7, 11) is -2.42. The van der Waals surface area contributed by atoms with Crippen molar-refractivity contribution in [3.8, 4) is 0 Å². The van der Waals surface area contributed by atoms with Crippen molar-refractivity contribution in [3.05, 3.63) is 51.9 Å². The number of thiophene rings is 1. The Balaban J connectivity index is 1.66. The maximum Gasteiger partial charge on any atom is 0.340 e. The van der Waals surface area contributed by atoms with Crippen LogP contribution in [0.1, 0.15) is 52.5 Å². The SMILES string of the molecule is CCCN(CC1CC1)S(=O)(=O)c1sc2c(c1C(=O)OC)CCN(Cc1ccccc1)C2. The van der Waals surface area contributed by atoms with E-state index in [-0.39, 0.29) is 9.77 Å². The topological polar surface area (TPSA) is 66.9 Å². The molecule has 8 heteroatoms. The minimum atomic E-state index is -3.74. The Labute approximate surface area is 188 Å². The van der Waals surface area contributed by atoms with Gasteiger partial charge in [0.1, 0.15) is 4.21 Å². The monoisotopic (exact) mass is 462 g/mol. The van der Waals surface area contributed by atoms with Gasteiger partial charge in [-0.15, -0.1) is 11.3 Å². The fraction of sp³-hybridized carbons (Fsp3) is 0.522. The van der Waals surface area contributed by atoms with Gasteiger partial charge in [0.15, 0.2) is 0 Å². The first-order valence-corrected chi connectivity index (χ1v) is 13.2. The van der Waals surface area contributed by atoms with Gasteiger partial charge in [-0.1, -0.05) is 37.3 Å². The zero-order chi connectivity index (χ0) is 22.0. The highest BCUT2D eigenvalue weighted by Gasteiger charge is 2.38. The van der Waals surface area contributed by atoms with Gasteiger partial charge in [0.25, 0.3) is 10.0 Å². The lowest BCUT2D eigenvalue weighted by atomic mass is 10.0. The van der Waals surface area contributed by atoms with Crippen LogP contribution in [0.4, 0.5) is 0 Å². The van der Waals surface area contributed by atoms with Crippen LogP contribution in [0.3, 0.4) is 0 Å². The third-order valence-corrected chi connectivity index (χ3v) is 9.53. The van der Waals surface area contributed by atoms with Gasteiger partial charge in [0.2, 0.25) is 0 Å². The lowest BCUT2D eigenvalue weighted by molar-refractivity contribution is 0.0595. The minimum Gasteiger partial charge on any atom is -0.465 e. The highest BCUT2D eigenvalue weighted by Crippen LogP contribution is 2.39. The molecule has 2 aliphatic rings. The first-order valence-electron chi connectivity index (χ1n) is 10.9. The molecule has 0 bridgehead atoms. The number of carbonyl (C=O) groups excluding carboxylic acids is 1. The van der Waals surface area contributed by atoms with E-state index in [1.54, 1.807) is 4.31 Å². The molecule has 0 unspecified atom stereocenters. The molecule has 2 aromatic rings. The van der Waals surface area contributed by atoms with E-state index in [1.165, 1.54) is 24.0 Å². The molecule has 1 aromatic carbocycles. The Morgan fingerprint density at radius 1 is 1.26 bits per heavy atom. The molecule has 0 radical (unpaired) electrons. The lowest BCUT2D eigenvalue weighted by Crippen LogP contribution is -2.34. The van der Waals surface area contributed by atoms with Crippen LogP contribution in [0.15, 0.2) is 34.5 Å². The van der Waals surface area contributed by atoms with Crippen LogP contribution in [0, 0.1) is 5.92 Å². The largest absolute Gasteiger partial charge is 0.465 e. The molecule has 0 atom stereocenters. The summed E-state index contributed by atoms with van der Waals surface area (Å²) in [6.07, 6.45) is 3.55. The van der Waals surface area contributed by atoms with Gasteiger partial charge >= 0.3 is 5.97 Å². The first-order chi connectivity index (χ1) is 14.9. The smallest absolute Gasteiger partial charge is 0.340 e. The molecule has 31 heavy (non-hydrogen) atoms. The van der Waals surface area contributed by atoms with E-state index in [9.17, 15) is 13.2 Å². The fourth-order valence-electron chi connectivity index (χ4n) is 4.16. The number of rotatable bonds is 9. The molecule has 168 valence electrons. The van der Waals surface area contributed by atoms with Crippen molar-refractivity contribution < 1.29 is 17.9 Å². The van der Waals surface area contributed by atoms with E-state index in [0.29, 0.717) is 32.0 Å². The summed E-state index contributed by atoms with van der Waals surface area (Å²) in [6.45, 7) is 5.23. The molecular formula is C23H30N2O4S2. The molecule has 4 rings (SSSR count). The molecule has 6 nitrogen and oxygen atoms in total. The molecule has 1 saturated carbocycles. The molecule has 1 fully saturated rings. The number of ether oxygens (including phenoxy) is 1. The highest BCUT2D eigenvalue weighted by molar-refractivity contribution is 7.91. The normalized spacial score (nSPS) is 17.0. The number of methoxy groups -OCH3 is 1. The summed E-state index contributed by atoms with van der Waals surface area (Å²) >= 11 is 1.26. The fourth-order valence-corrected chi connectivity index (χ4v) is 7.84. The molecule has 2 heterocycles. The van der Waals surface area contributed by atoms with Gasteiger partial charge in [0.05, 0.1) is 12.7 Å². The number of esters is 1. The van der Waals surface area contributed by atoms with Crippen LogP contribution in [0.5, 0.6) is 0 Å². The predicted molar refractivity (Wildman–Crippen MR) is 122 cm³/mol. The molecule has 0 N–H and O–H groups in total. The molecule has 1 aromatic heterocycles. The molecule has 1 aliphatic heterocycles. The molecule has 0 saturated heterocycles. The van der Waals surface area contributed by atoms with E-state index in [2.05, 4.69) is 17.0 Å². The van der Waals surface area contributed by atoms with Crippen molar-refractivity contribution in [3.63, 3.8) is 0 Å². The number of nitrogens with zero attached hydrogens (tertiary/aromatic N) is 2. The van der Waals surface area contributed by atoms with Gasteiger partial charge in [-0.25, -0.2) is 13.2 Å². The zero-order valence-corrected chi connectivity index (χ0v) is 19.8. The molecule has 1 aliphatic carbocycles. The zero-order valence-electron chi connectivity index (χ0n) is 18.2. The Morgan fingerprint density at radius 2 is 2.00 bits per heavy atom. The number of hydrogen-bond acceptors (Lipinski definition) is 6. The van der Waals surface area contributed by atoms with Gasteiger partial charge in [-0.05, 0) is 42.7 Å². The van der Waals surface area contributed by atoms with Crippen LogP contribution < -0.4 is 0 Å². The van der Waals surface area contributed by atoms with E-state index < -0.39 is 16.0 Å². The standard InChI is InChI=1S/C23H30N2O4S2/c1-3-12-25(15-18-9-10-18)31(27,28)23-21(22(26)29-2)19-11-13-24(16-20(19)30-23)14-17-7-5-4-6-8-17/h4-8,18H,3,9-16H2,1-2H3. The van der Waals surface area contributed by atoms with Crippen molar-refractivity contribution in [2.45, 2.75) is 49.9 Å². The Morgan fingerprint density at radius 3 is 2.65 bits per heavy atom. The van der Waals surface area contributed by atoms with Crippen LogP contribution in [0.25, 0.3) is 0 Å². The first kappa shape index (κ1) is 22.5. The van der Waals surface area contributed by atoms with Gasteiger partial charge < -0.3 is 4.74 Å². The second kappa shape index (κ2) is 9.40. The Hall–Kier alpha value is -1.74. The summed E-state index contributed by atoms with van der Waals surface area (Å²) in [5.41, 5.74) is 2.34. The summed E-state index contributed by atoms with van der Waals surface area (Å²) in [4.78, 5) is 16.0. The Kier molecular flexibility index (Phi) is 6.81. The third kappa shape index (κ3) is 4.87. The van der Waals surface area contributed by atoms with E-state index in [1.807, 2.05) is 25.1 Å². The summed E-state index contributed by atoms with van der Waals surface area (Å²) in [5.74, 6) is -0.102. The number of sulfonamides is 1. The Bertz CT molecular complexity index is 1030. The highest BCUT2D eigenvalue weighted by atomic mass is 32.2. The summed E-state index contributed by atoms with van der Waals surface area (Å²) in [5, 5.41) is 0. The van der Waals surface area contributed by atoms with Crippen molar-refractivity contribution in [1.29, 1.82) is 0 Å². The average molecular weight is 463 g/mol. The molecule has 0 amide bonds. The molecular weight excluding hydrogens is 432 g/mol. The van der Waals surface area contributed by atoms with Crippen molar-refractivity contribution in [2.75, 3.05) is 26.7 Å². The molecule has 0 spiro atoms. The van der Waals surface area contributed by atoms with Crippen LogP contribution in [-0.2, 0) is 34.3 Å². The number of hydrogen-bond donors (Lipinski definition) is 0. The van der Waals surface area contributed by atoms with Crippen LogP contribution >= 0.6 is 11.3 Å². The number of fused-ring (bicyclic) bond motifs is 1. The second-order valence-corrected chi connectivity index (χ2v) is 11.6. The predicted octanol–water partition coefficient (Wildman–Crippen LogP) is 3.90. The second-order valence-electron chi connectivity index (χ2n) is 8.41. The summed E-state index contributed by atoms with van der Waals surface area (Å²) < 4.78 is 34.0. The maximum absolute atomic E-state index is 13.6. The van der Waals surface area contributed by atoms with Gasteiger partial charge in [-0.2, -0.15) is 4.31 Å². The van der Waals surface area contributed by atoms with Crippen LogP contribution in [-0.4, -0.2) is 50.3 Å². The maximum atomic E-state index is 13.6. The number of carbonyl (C=O) groups is 1. The summed E-state index contributed by atoms with van der Waals surface area (Å²) in [6, 6.07) is 10.2. The van der Waals surface area contributed by atoms with Gasteiger partial charge in [-0.3, -0.25) is 4.90 Å². The third-order valence-electron chi connectivity index (χ3n) is 5.95. The van der Waals surface area contributed by atoms with E-state index in [4.69, 9.17) is 4.74 Å².